The number of hydrogen-bond donors (Lipinski definition) is 2. The van der Waals surface area contributed by atoms with Crippen LogP contribution in [0.4, 0.5) is 4.39 Å². The SMILES string of the molecule is CC(C)CC(CNS(=O)(=O)Cc1c(F)cccc1Cl)C(=O)O. The molecule has 0 heterocycles. The van der Waals surface area contributed by atoms with Gasteiger partial charge in [0.15, 0.2) is 0 Å². The summed E-state index contributed by atoms with van der Waals surface area (Å²) in [5.74, 6) is -3.13. The summed E-state index contributed by atoms with van der Waals surface area (Å²) in [5, 5.41) is 9.10. The first-order valence-electron chi connectivity index (χ1n) is 6.75. The standard InChI is InChI=1S/C14H19ClFNO4S/c1-9(2)6-10(14(18)19)7-17-22(20,21)8-11-12(15)4-3-5-13(11)16/h3-5,9-10,17H,6-8H2,1-2H3,(H,18,19). The lowest BCUT2D eigenvalue weighted by atomic mass is 9.98. The van der Waals surface area contributed by atoms with Gasteiger partial charge in [-0.25, -0.2) is 17.5 Å². The highest BCUT2D eigenvalue weighted by atomic mass is 35.5. The van der Waals surface area contributed by atoms with Gasteiger partial charge in [0.1, 0.15) is 5.82 Å². The van der Waals surface area contributed by atoms with E-state index in [-0.39, 0.29) is 23.0 Å². The molecular weight excluding hydrogens is 333 g/mol. The summed E-state index contributed by atoms with van der Waals surface area (Å²) < 4.78 is 39.8. The van der Waals surface area contributed by atoms with Gasteiger partial charge in [0.2, 0.25) is 10.0 Å². The Morgan fingerprint density at radius 3 is 2.55 bits per heavy atom. The number of nitrogens with one attached hydrogen (secondary N) is 1. The highest BCUT2D eigenvalue weighted by molar-refractivity contribution is 7.88. The van der Waals surface area contributed by atoms with Gasteiger partial charge in [-0.1, -0.05) is 31.5 Å². The summed E-state index contributed by atoms with van der Waals surface area (Å²) in [4.78, 5) is 11.1. The maximum atomic E-state index is 13.6. The van der Waals surface area contributed by atoms with Crippen LogP contribution in [-0.2, 0) is 20.6 Å². The Morgan fingerprint density at radius 2 is 2.05 bits per heavy atom. The number of carboxylic acid groups (broad SMARTS) is 1. The second kappa shape index (κ2) is 7.89. The molecule has 0 saturated heterocycles. The molecule has 2 N–H and O–H groups in total. The quantitative estimate of drug-likeness (QED) is 0.754. The van der Waals surface area contributed by atoms with Gasteiger partial charge < -0.3 is 5.11 Å². The van der Waals surface area contributed by atoms with Gasteiger partial charge in [-0.05, 0) is 24.5 Å². The van der Waals surface area contributed by atoms with Crippen LogP contribution in [0, 0.1) is 17.7 Å². The second-order valence-corrected chi connectivity index (χ2v) is 7.69. The molecule has 0 aliphatic rings. The van der Waals surface area contributed by atoms with Crippen molar-refractivity contribution < 1.29 is 22.7 Å². The third kappa shape index (κ3) is 5.90. The largest absolute Gasteiger partial charge is 0.481 e. The molecule has 0 spiro atoms. The number of carbonyl (C=O) groups is 1. The molecule has 0 amide bonds. The first-order chi connectivity index (χ1) is 10.1. The van der Waals surface area contributed by atoms with Crippen molar-refractivity contribution in [2.75, 3.05) is 6.54 Å². The molecule has 22 heavy (non-hydrogen) atoms. The van der Waals surface area contributed by atoms with E-state index in [2.05, 4.69) is 4.72 Å². The van der Waals surface area contributed by atoms with E-state index in [1.807, 2.05) is 13.8 Å². The molecule has 0 aromatic heterocycles. The highest BCUT2D eigenvalue weighted by Crippen LogP contribution is 2.21. The summed E-state index contributed by atoms with van der Waals surface area (Å²) in [7, 11) is -3.88. The molecule has 0 aliphatic carbocycles. The molecule has 0 fully saturated rings. The van der Waals surface area contributed by atoms with Crippen LogP contribution >= 0.6 is 11.6 Å². The predicted molar refractivity (Wildman–Crippen MR) is 82.6 cm³/mol. The van der Waals surface area contributed by atoms with Gasteiger partial charge in [0.25, 0.3) is 0 Å². The Hall–Kier alpha value is -1.18. The minimum absolute atomic E-state index is 0.0161. The Labute approximate surface area is 134 Å². The lowest BCUT2D eigenvalue weighted by molar-refractivity contribution is -0.142. The van der Waals surface area contributed by atoms with Crippen molar-refractivity contribution in [1.29, 1.82) is 0 Å². The van der Waals surface area contributed by atoms with E-state index in [0.717, 1.165) is 6.07 Å². The number of sulfonamides is 1. The molecule has 8 heteroatoms. The maximum Gasteiger partial charge on any atom is 0.307 e. The van der Waals surface area contributed by atoms with Crippen LogP contribution < -0.4 is 4.72 Å². The number of hydrogen-bond acceptors (Lipinski definition) is 3. The summed E-state index contributed by atoms with van der Waals surface area (Å²) in [6.45, 7) is 3.47. The van der Waals surface area contributed by atoms with Gasteiger partial charge in [0, 0.05) is 17.1 Å². The number of carboxylic acids is 1. The monoisotopic (exact) mass is 351 g/mol. The summed E-state index contributed by atoms with van der Waals surface area (Å²) in [6, 6.07) is 3.90. The lowest BCUT2D eigenvalue weighted by Gasteiger charge is -2.16. The number of halogens is 2. The van der Waals surface area contributed by atoms with Crippen LogP contribution in [0.5, 0.6) is 0 Å². The zero-order chi connectivity index (χ0) is 16.9. The minimum Gasteiger partial charge on any atom is -0.481 e. The van der Waals surface area contributed by atoms with Gasteiger partial charge in [0.05, 0.1) is 11.7 Å². The van der Waals surface area contributed by atoms with Crippen molar-refractivity contribution in [2.24, 2.45) is 11.8 Å². The van der Waals surface area contributed by atoms with Crippen LogP contribution in [0.1, 0.15) is 25.8 Å². The van der Waals surface area contributed by atoms with E-state index in [0.29, 0.717) is 6.42 Å². The molecule has 1 unspecified atom stereocenters. The van der Waals surface area contributed by atoms with E-state index in [1.165, 1.54) is 12.1 Å². The Kier molecular flexibility index (Phi) is 6.77. The minimum atomic E-state index is -3.88. The van der Waals surface area contributed by atoms with Crippen LogP contribution in [0.2, 0.25) is 5.02 Å². The van der Waals surface area contributed by atoms with Crippen molar-refractivity contribution in [3.63, 3.8) is 0 Å². The summed E-state index contributed by atoms with van der Waals surface area (Å²) >= 11 is 5.79. The van der Waals surface area contributed by atoms with E-state index < -0.39 is 33.5 Å². The van der Waals surface area contributed by atoms with Gasteiger partial charge in [-0.3, -0.25) is 4.79 Å². The molecule has 1 atom stereocenters. The highest BCUT2D eigenvalue weighted by Gasteiger charge is 2.23. The molecule has 0 saturated carbocycles. The summed E-state index contributed by atoms with van der Waals surface area (Å²) in [5.41, 5.74) is -0.132. The molecule has 0 bridgehead atoms. The van der Waals surface area contributed by atoms with E-state index in [1.54, 1.807) is 0 Å². The molecule has 1 aromatic carbocycles. The fourth-order valence-corrected chi connectivity index (χ4v) is 3.52. The average Bonchev–Trinajstić information content (AvgIpc) is 2.38. The molecular formula is C14H19ClFNO4S. The number of aliphatic carboxylic acids is 1. The first-order valence-corrected chi connectivity index (χ1v) is 8.78. The maximum absolute atomic E-state index is 13.6. The molecule has 5 nitrogen and oxygen atoms in total. The average molecular weight is 352 g/mol. The molecule has 0 radical (unpaired) electrons. The van der Waals surface area contributed by atoms with Crippen molar-refractivity contribution in [3.8, 4) is 0 Å². The second-order valence-electron chi connectivity index (χ2n) is 5.47. The van der Waals surface area contributed by atoms with Crippen LogP contribution in [0.15, 0.2) is 18.2 Å². The zero-order valence-electron chi connectivity index (χ0n) is 12.3. The van der Waals surface area contributed by atoms with Crippen LogP contribution in [-0.4, -0.2) is 26.0 Å². The third-order valence-electron chi connectivity index (χ3n) is 3.05. The number of benzene rings is 1. The van der Waals surface area contributed by atoms with Gasteiger partial charge in [-0.15, -0.1) is 0 Å². The zero-order valence-corrected chi connectivity index (χ0v) is 13.9. The van der Waals surface area contributed by atoms with Gasteiger partial charge in [-0.2, -0.15) is 0 Å². The van der Waals surface area contributed by atoms with Crippen molar-refractivity contribution in [2.45, 2.75) is 26.0 Å². The van der Waals surface area contributed by atoms with Crippen molar-refractivity contribution >= 4 is 27.6 Å². The fourth-order valence-electron chi connectivity index (χ4n) is 1.98. The van der Waals surface area contributed by atoms with Crippen molar-refractivity contribution in [3.05, 3.63) is 34.6 Å². The number of rotatable bonds is 8. The topological polar surface area (TPSA) is 83.5 Å². The fraction of sp³-hybridized carbons (Fsp3) is 0.500. The van der Waals surface area contributed by atoms with E-state index in [9.17, 15) is 17.6 Å². The first kappa shape index (κ1) is 18.9. The van der Waals surface area contributed by atoms with E-state index in [4.69, 9.17) is 16.7 Å². The lowest BCUT2D eigenvalue weighted by Crippen LogP contribution is -2.34. The van der Waals surface area contributed by atoms with Crippen LogP contribution in [0.25, 0.3) is 0 Å². The predicted octanol–water partition coefficient (Wildman–Crippen LogP) is 2.65. The molecule has 124 valence electrons. The molecule has 1 aromatic rings. The molecule has 0 aliphatic heterocycles. The summed E-state index contributed by atoms with van der Waals surface area (Å²) in [6.07, 6.45) is 0.346. The van der Waals surface area contributed by atoms with Crippen molar-refractivity contribution in [1.82, 2.24) is 4.72 Å². The molecule has 1 rings (SSSR count). The Balaban J connectivity index is 2.77. The Bertz CT molecular complexity index is 613. The van der Waals surface area contributed by atoms with Crippen LogP contribution in [0.3, 0.4) is 0 Å². The Morgan fingerprint density at radius 1 is 1.41 bits per heavy atom. The van der Waals surface area contributed by atoms with E-state index >= 15 is 0 Å². The smallest absolute Gasteiger partial charge is 0.307 e. The third-order valence-corrected chi connectivity index (χ3v) is 4.68. The van der Waals surface area contributed by atoms with Gasteiger partial charge >= 0.3 is 5.97 Å². The normalized spacial score (nSPS) is 13.3.